The maximum Gasteiger partial charge on any atom is 0.227 e. The van der Waals surface area contributed by atoms with Crippen LogP contribution in [0.5, 0.6) is 0 Å². The molecule has 3 aromatic rings. The molecule has 0 aliphatic carbocycles. The van der Waals surface area contributed by atoms with E-state index in [1.165, 1.54) is 0 Å². The normalized spacial score (nSPS) is 15.7. The first-order chi connectivity index (χ1) is 12.6. The summed E-state index contributed by atoms with van der Waals surface area (Å²) >= 11 is 0. The Balaban J connectivity index is 1.35. The third-order valence-electron chi connectivity index (χ3n) is 5.17. The smallest absolute Gasteiger partial charge is 0.227 e. The monoisotopic (exact) mass is 353 g/mol. The first-order valence-electron chi connectivity index (χ1n) is 8.94. The highest BCUT2D eigenvalue weighted by atomic mass is 16.5. The van der Waals surface area contributed by atoms with Crippen molar-refractivity contribution in [3.05, 3.63) is 47.1 Å². The third kappa shape index (κ3) is 3.22. The fraction of sp³-hybridized carbons (Fsp3) is 0.421. The van der Waals surface area contributed by atoms with Crippen LogP contribution in [0, 0.1) is 13.8 Å². The van der Waals surface area contributed by atoms with E-state index in [-0.39, 0.29) is 5.91 Å². The minimum atomic E-state index is 0.173. The van der Waals surface area contributed by atoms with E-state index in [1.807, 2.05) is 37.1 Å². The molecule has 7 nitrogen and oxygen atoms in total. The Kier molecular flexibility index (Phi) is 4.46. The molecule has 1 fully saturated rings. The highest BCUT2D eigenvalue weighted by Gasteiger charge is 2.23. The summed E-state index contributed by atoms with van der Waals surface area (Å²) in [6, 6.07) is 3.90. The summed E-state index contributed by atoms with van der Waals surface area (Å²) in [7, 11) is 0. The summed E-state index contributed by atoms with van der Waals surface area (Å²) in [6.45, 7) is 7.99. The Labute approximate surface area is 152 Å². The lowest BCUT2D eigenvalue weighted by molar-refractivity contribution is -0.132. The molecule has 4 rings (SSSR count). The van der Waals surface area contributed by atoms with E-state index >= 15 is 0 Å². The molecule has 0 unspecified atom stereocenters. The van der Waals surface area contributed by atoms with Crippen molar-refractivity contribution in [2.75, 3.05) is 26.2 Å². The van der Waals surface area contributed by atoms with Crippen LogP contribution in [0.4, 0.5) is 0 Å². The number of nitrogens with one attached hydrogen (secondary N) is 1. The molecule has 1 saturated heterocycles. The van der Waals surface area contributed by atoms with E-state index in [0.717, 1.165) is 66.3 Å². The molecule has 1 N–H and O–H groups in total. The van der Waals surface area contributed by atoms with E-state index in [2.05, 4.69) is 20.0 Å². The number of nitrogens with zero attached hydrogens (tertiary/aromatic N) is 4. The lowest BCUT2D eigenvalue weighted by Crippen LogP contribution is -2.48. The molecule has 1 aliphatic rings. The number of hydrogen-bond donors (Lipinski definition) is 1. The zero-order chi connectivity index (χ0) is 18.1. The van der Waals surface area contributed by atoms with Gasteiger partial charge in [0.25, 0.3) is 0 Å². The Bertz CT molecular complexity index is 902. The summed E-state index contributed by atoms with van der Waals surface area (Å²) in [4.78, 5) is 24.4. The number of aryl methyl sites for hydroxylation is 2. The molecule has 3 aromatic heterocycles. The van der Waals surface area contributed by atoms with Gasteiger partial charge in [-0.1, -0.05) is 5.16 Å². The Morgan fingerprint density at radius 1 is 1.27 bits per heavy atom. The lowest BCUT2D eigenvalue weighted by Gasteiger charge is -2.34. The highest BCUT2D eigenvalue weighted by molar-refractivity contribution is 5.87. The maximum absolute atomic E-state index is 12.7. The van der Waals surface area contributed by atoms with E-state index in [1.54, 1.807) is 6.20 Å². The highest BCUT2D eigenvalue weighted by Crippen LogP contribution is 2.19. The van der Waals surface area contributed by atoms with Gasteiger partial charge in [0, 0.05) is 56.1 Å². The van der Waals surface area contributed by atoms with Crippen LogP contribution >= 0.6 is 0 Å². The maximum atomic E-state index is 12.7. The van der Waals surface area contributed by atoms with Gasteiger partial charge in [-0.25, -0.2) is 4.98 Å². The van der Waals surface area contributed by atoms with Gasteiger partial charge in [0.05, 0.1) is 12.1 Å². The average molecular weight is 353 g/mol. The third-order valence-corrected chi connectivity index (χ3v) is 5.17. The first-order valence-corrected chi connectivity index (χ1v) is 8.94. The number of fused-ring (bicyclic) bond motifs is 1. The molecule has 7 heteroatoms. The number of piperazine rings is 1. The quantitative estimate of drug-likeness (QED) is 0.777. The van der Waals surface area contributed by atoms with Gasteiger partial charge in [-0.3, -0.25) is 9.69 Å². The SMILES string of the molecule is Cc1noc(C)c1CN1CCN(C(=O)Cc2c[nH]c3ncccc23)CC1. The summed E-state index contributed by atoms with van der Waals surface area (Å²) < 4.78 is 5.24. The van der Waals surface area contributed by atoms with Gasteiger partial charge < -0.3 is 14.4 Å². The van der Waals surface area contributed by atoms with Gasteiger partial charge in [-0.15, -0.1) is 0 Å². The standard InChI is InChI=1S/C19H23N5O2/c1-13-17(14(2)26-22-13)12-23-6-8-24(9-7-23)18(25)10-15-11-21-19-16(15)4-3-5-20-19/h3-5,11H,6-10,12H2,1-2H3,(H,20,21). The summed E-state index contributed by atoms with van der Waals surface area (Å²) in [6.07, 6.45) is 4.06. The Morgan fingerprint density at radius 3 is 2.81 bits per heavy atom. The Hall–Kier alpha value is -2.67. The van der Waals surface area contributed by atoms with Crippen molar-refractivity contribution in [3.8, 4) is 0 Å². The van der Waals surface area contributed by atoms with Crippen molar-refractivity contribution < 1.29 is 9.32 Å². The number of rotatable bonds is 4. The number of carbonyl (C=O) groups excluding carboxylic acids is 1. The summed E-state index contributed by atoms with van der Waals surface area (Å²) in [5, 5.41) is 5.04. The van der Waals surface area contributed by atoms with Crippen molar-refractivity contribution in [3.63, 3.8) is 0 Å². The van der Waals surface area contributed by atoms with Gasteiger partial charge in [-0.05, 0) is 31.5 Å². The second kappa shape index (κ2) is 6.92. The molecule has 0 aromatic carbocycles. The second-order valence-corrected chi connectivity index (χ2v) is 6.85. The molecule has 0 bridgehead atoms. The number of aromatic amines is 1. The zero-order valence-electron chi connectivity index (χ0n) is 15.2. The number of hydrogen-bond acceptors (Lipinski definition) is 5. The number of aromatic nitrogens is 3. The van der Waals surface area contributed by atoms with Crippen LogP contribution in [0.2, 0.25) is 0 Å². The number of H-pyrrole nitrogens is 1. The van der Waals surface area contributed by atoms with E-state index < -0.39 is 0 Å². The predicted molar refractivity (Wildman–Crippen MR) is 97.6 cm³/mol. The van der Waals surface area contributed by atoms with Crippen LogP contribution in [0.3, 0.4) is 0 Å². The van der Waals surface area contributed by atoms with Gasteiger partial charge in [0.15, 0.2) is 0 Å². The van der Waals surface area contributed by atoms with Crippen LogP contribution in [0.25, 0.3) is 11.0 Å². The van der Waals surface area contributed by atoms with Crippen molar-refractivity contribution >= 4 is 16.9 Å². The predicted octanol–water partition coefficient (Wildman–Crippen LogP) is 2.05. The fourth-order valence-corrected chi connectivity index (χ4v) is 3.54. The van der Waals surface area contributed by atoms with Crippen molar-refractivity contribution in [1.29, 1.82) is 0 Å². The van der Waals surface area contributed by atoms with Crippen LogP contribution in [0.15, 0.2) is 29.0 Å². The number of amides is 1. The van der Waals surface area contributed by atoms with Gasteiger partial charge in [-0.2, -0.15) is 0 Å². The average Bonchev–Trinajstić information content (AvgIpc) is 3.21. The molecule has 136 valence electrons. The van der Waals surface area contributed by atoms with Crippen LogP contribution < -0.4 is 0 Å². The molecular formula is C19H23N5O2. The second-order valence-electron chi connectivity index (χ2n) is 6.85. The molecular weight excluding hydrogens is 330 g/mol. The Morgan fingerprint density at radius 2 is 2.08 bits per heavy atom. The molecule has 0 radical (unpaired) electrons. The largest absolute Gasteiger partial charge is 0.361 e. The molecule has 0 spiro atoms. The fourth-order valence-electron chi connectivity index (χ4n) is 3.54. The molecule has 0 saturated carbocycles. The van der Waals surface area contributed by atoms with E-state index in [4.69, 9.17) is 4.52 Å². The van der Waals surface area contributed by atoms with E-state index in [0.29, 0.717) is 6.42 Å². The van der Waals surface area contributed by atoms with Gasteiger partial charge in [0.1, 0.15) is 11.4 Å². The number of carbonyl (C=O) groups is 1. The minimum Gasteiger partial charge on any atom is -0.361 e. The number of pyridine rings is 1. The molecule has 4 heterocycles. The first kappa shape index (κ1) is 16.8. The van der Waals surface area contributed by atoms with Crippen molar-refractivity contribution in [2.45, 2.75) is 26.8 Å². The minimum absolute atomic E-state index is 0.173. The van der Waals surface area contributed by atoms with Gasteiger partial charge in [0.2, 0.25) is 5.91 Å². The van der Waals surface area contributed by atoms with Crippen LogP contribution in [-0.2, 0) is 17.8 Å². The zero-order valence-corrected chi connectivity index (χ0v) is 15.2. The molecule has 0 atom stereocenters. The van der Waals surface area contributed by atoms with E-state index in [9.17, 15) is 4.79 Å². The van der Waals surface area contributed by atoms with Crippen LogP contribution in [0.1, 0.15) is 22.6 Å². The summed E-state index contributed by atoms with van der Waals surface area (Å²) in [5.41, 5.74) is 3.96. The molecule has 1 aliphatic heterocycles. The topological polar surface area (TPSA) is 78.3 Å². The van der Waals surface area contributed by atoms with Gasteiger partial charge >= 0.3 is 0 Å². The lowest BCUT2D eigenvalue weighted by atomic mass is 10.1. The van der Waals surface area contributed by atoms with Crippen LogP contribution in [-0.4, -0.2) is 57.0 Å². The van der Waals surface area contributed by atoms with Crippen molar-refractivity contribution in [1.82, 2.24) is 24.9 Å². The summed E-state index contributed by atoms with van der Waals surface area (Å²) in [5.74, 6) is 1.06. The van der Waals surface area contributed by atoms with Crippen molar-refractivity contribution in [2.24, 2.45) is 0 Å². The molecule has 26 heavy (non-hydrogen) atoms. The molecule has 1 amide bonds.